The molecule has 1 aromatic carbocycles. The van der Waals surface area contributed by atoms with Crippen molar-refractivity contribution in [3.8, 4) is 0 Å². The van der Waals surface area contributed by atoms with Crippen LogP contribution in [-0.4, -0.2) is 79.4 Å². The molecule has 0 bridgehead atoms. The van der Waals surface area contributed by atoms with Gasteiger partial charge in [-0.15, -0.1) is 0 Å². The number of amides is 2. The van der Waals surface area contributed by atoms with Crippen LogP contribution in [0.5, 0.6) is 0 Å². The maximum atomic E-state index is 13.3. The van der Waals surface area contributed by atoms with Gasteiger partial charge in [0.05, 0.1) is 23.9 Å². The second-order valence-electron chi connectivity index (χ2n) is 14.0. The van der Waals surface area contributed by atoms with Crippen LogP contribution in [-0.2, 0) is 28.5 Å². The van der Waals surface area contributed by atoms with Crippen LogP contribution in [0.3, 0.4) is 0 Å². The van der Waals surface area contributed by atoms with E-state index in [2.05, 4.69) is 37.5 Å². The number of fused-ring (bicyclic) bond motifs is 3. The molecule has 2 saturated heterocycles. The number of aliphatic hydroxyl groups excluding tert-OH is 1. The van der Waals surface area contributed by atoms with Crippen molar-refractivity contribution in [3.05, 3.63) is 52.6 Å². The molecule has 10 nitrogen and oxygen atoms in total. The van der Waals surface area contributed by atoms with Crippen LogP contribution >= 0.6 is 0 Å². The monoisotopic (exact) mass is 622 g/mol. The van der Waals surface area contributed by atoms with Gasteiger partial charge < -0.3 is 34.7 Å². The van der Waals surface area contributed by atoms with Crippen molar-refractivity contribution in [3.63, 3.8) is 0 Å². The normalized spacial score (nSPS) is 34.0. The molecule has 45 heavy (non-hydrogen) atoms. The Morgan fingerprint density at radius 3 is 2.62 bits per heavy atom. The second kappa shape index (κ2) is 13.0. The molecular weight excluding hydrogens is 576 g/mol. The minimum Gasteiger partial charge on any atom is -0.456 e. The van der Waals surface area contributed by atoms with E-state index in [-0.39, 0.29) is 56.7 Å². The molecule has 0 radical (unpaired) electrons. The third kappa shape index (κ3) is 7.04. The average Bonchev–Trinajstić information content (AvgIpc) is 3.39. The number of rotatable bonds is 9. The molecule has 0 spiro atoms. The maximum absolute atomic E-state index is 13.3. The summed E-state index contributed by atoms with van der Waals surface area (Å²) >= 11 is 0. The first-order valence-corrected chi connectivity index (χ1v) is 16.4. The summed E-state index contributed by atoms with van der Waals surface area (Å²) in [4.78, 5) is 37.9. The number of hydrogen-bond donors (Lipinski definition) is 3. The van der Waals surface area contributed by atoms with Gasteiger partial charge in [0.1, 0.15) is 25.1 Å². The van der Waals surface area contributed by atoms with Crippen LogP contribution in [0.25, 0.3) is 6.08 Å². The molecule has 7 unspecified atom stereocenters. The van der Waals surface area contributed by atoms with Gasteiger partial charge in [-0.05, 0) is 80.1 Å². The Morgan fingerprint density at radius 2 is 1.87 bits per heavy atom. The van der Waals surface area contributed by atoms with Crippen molar-refractivity contribution in [2.24, 2.45) is 17.3 Å². The maximum Gasteiger partial charge on any atom is 0.338 e. The summed E-state index contributed by atoms with van der Waals surface area (Å²) in [5, 5.41) is 14.1. The number of hydrogen-bond acceptors (Lipinski definition) is 8. The van der Waals surface area contributed by atoms with Gasteiger partial charge >= 0.3 is 5.97 Å². The van der Waals surface area contributed by atoms with Crippen molar-refractivity contribution in [2.75, 3.05) is 26.5 Å². The first-order chi connectivity index (χ1) is 21.6. The highest BCUT2D eigenvalue weighted by Crippen LogP contribution is 2.59. The summed E-state index contributed by atoms with van der Waals surface area (Å²) < 4.78 is 23.3. The summed E-state index contributed by atoms with van der Waals surface area (Å²) in [6, 6.07) is 7.54. The van der Waals surface area contributed by atoms with E-state index in [1.165, 1.54) is 18.4 Å². The van der Waals surface area contributed by atoms with E-state index in [0.29, 0.717) is 34.5 Å². The van der Waals surface area contributed by atoms with Crippen molar-refractivity contribution >= 4 is 23.9 Å². The number of benzene rings is 1. The largest absolute Gasteiger partial charge is 0.456 e. The topological polar surface area (TPSA) is 136 Å². The van der Waals surface area contributed by atoms with E-state index in [0.717, 1.165) is 24.8 Å². The number of ether oxygens (including phenoxy) is 4. The van der Waals surface area contributed by atoms with Crippen LogP contribution in [0, 0.1) is 17.3 Å². The molecule has 2 amide bonds. The van der Waals surface area contributed by atoms with Gasteiger partial charge in [0.25, 0.3) is 0 Å². The summed E-state index contributed by atoms with van der Waals surface area (Å²) in [5.74, 6) is 0.166. The Hall–Kier alpha value is -3.05. The number of carbonyl (C=O) groups is 3. The van der Waals surface area contributed by atoms with Gasteiger partial charge in [-0.25, -0.2) is 4.79 Å². The van der Waals surface area contributed by atoms with E-state index in [1.54, 1.807) is 18.2 Å². The third-order valence-electron chi connectivity index (χ3n) is 10.5. The lowest BCUT2D eigenvalue weighted by atomic mass is 9.52. The Morgan fingerprint density at radius 1 is 1.07 bits per heavy atom. The highest BCUT2D eigenvalue weighted by Gasteiger charge is 2.56. The van der Waals surface area contributed by atoms with Gasteiger partial charge in [0.2, 0.25) is 11.8 Å². The molecule has 3 N–H and O–H groups in total. The minimum absolute atomic E-state index is 0.0499. The summed E-state index contributed by atoms with van der Waals surface area (Å²) in [6.45, 7) is 7.26. The van der Waals surface area contributed by atoms with E-state index < -0.39 is 24.3 Å². The predicted octanol–water partition coefficient (Wildman–Crippen LogP) is 3.68. The molecular formula is C35H46N2O8. The lowest BCUT2D eigenvalue weighted by Crippen LogP contribution is -2.45. The van der Waals surface area contributed by atoms with Crippen LogP contribution in [0.15, 0.2) is 41.5 Å². The number of esters is 1. The van der Waals surface area contributed by atoms with E-state index in [4.69, 9.17) is 24.1 Å². The first kappa shape index (κ1) is 31.9. The summed E-state index contributed by atoms with van der Waals surface area (Å²) in [5.41, 5.74) is 3.82. The molecule has 6 rings (SSSR count). The van der Waals surface area contributed by atoms with Crippen LogP contribution < -0.4 is 10.6 Å². The van der Waals surface area contributed by atoms with Gasteiger partial charge in [-0.2, -0.15) is 0 Å². The number of allylic oxidation sites excluding steroid dienone is 1. The van der Waals surface area contributed by atoms with Crippen molar-refractivity contribution in [2.45, 2.75) is 95.7 Å². The standard InChI is InChI=1S/C35H46N2O8/c1-34(2)19-25-23(8-9-29-35(3,45-29)12-10-26(25)34)16-21-4-6-22(7-5-21)33(41)44-28-18-24(17-27-31(28)43-20-42-27)32(40)37-13-11-30(39)36-14-15-38/h4-7,16-17,25-29,31,38H,8-15,18-20H2,1-3H3,(H,36,39)(H,37,40). The van der Waals surface area contributed by atoms with Gasteiger partial charge in [-0.1, -0.05) is 37.6 Å². The molecule has 4 fully saturated rings. The zero-order valence-corrected chi connectivity index (χ0v) is 26.5. The van der Waals surface area contributed by atoms with Crippen molar-refractivity contribution < 1.29 is 38.4 Å². The lowest BCUT2D eigenvalue weighted by Gasteiger charge is -2.53. The van der Waals surface area contributed by atoms with Crippen molar-refractivity contribution in [1.82, 2.24) is 10.6 Å². The molecule has 2 saturated carbocycles. The molecule has 7 atom stereocenters. The second-order valence-corrected chi connectivity index (χ2v) is 14.0. The van der Waals surface area contributed by atoms with Crippen LogP contribution in [0.2, 0.25) is 0 Å². The average molecular weight is 623 g/mol. The Labute approximate surface area is 264 Å². The smallest absolute Gasteiger partial charge is 0.338 e. The quantitative estimate of drug-likeness (QED) is 0.281. The highest BCUT2D eigenvalue weighted by atomic mass is 16.7. The number of aliphatic hydroxyl groups is 1. The molecule has 10 heteroatoms. The molecule has 3 aliphatic carbocycles. The minimum atomic E-state index is -0.696. The molecule has 244 valence electrons. The van der Waals surface area contributed by atoms with Crippen molar-refractivity contribution in [1.29, 1.82) is 0 Å². The Balaban J connectivity index is 1.08. The summed E-state index contributed by atoms with van der Waals surface area (Å²) in [6.07, 6.45) is 8.57. The van der Waals surface area contributed by atoms with Gasteiger partial charge in [0.15, 0.2) is 0 Å². The first-order valence-electron chi connectivity index (χ1n) is 16.4. The summed E-state index contributed by atoms with van der Waals surface area (Å²) in [7, 11) is 0. The molecule has 2 aliphatic heterocycles. The van der Waals surface area contributed by atoms with E-state index in [9.17, 15) is 14.4 Å². The fraction of sp³-hybridized carbons (Fsp3) is 0.629. The van der Waals surface area contributed by atoms with Crippen LogP contribution in [0.1, 0.15) is 81.6 Å². The molecule has 1 aromatic rings. The predicted molar refractivity (Wildman–Crippen MR) is 166 cm³/mol. The zero-order valence-electron chi connectivity index (χ0n) is 26.5. The van der Waals surface area contributed by atoms with E-state index in [1.807, 2.05) is 12.1 Å². The SMILES string of the molecule is CC1(C)CC2C(=Cc3ccc(C(=O)OC4CC(C(=O)NCCC(=O)NCCO)=CC5OCOC54)cc3)CCC3OC3(C)CCC21. The van der Waals surface area contributed by atoms with Gasteiger partial charge in [0, 0.05) is 31.5 Å². The molecule has 0 aromatic heterocycles. The number of epoxide rings is 1. The highest BCUT2D eigenvalue weighted by molar-refractivity contribution is 5.94. The van der Waals surface area contributed by atoms with Crippen LogP contribution in [0.4, 0.5) is 0 Å². The zero-order chi connectivity index (χ0) is 31.8. The number of carbonyl (C=O) groups excluding carboxylic acids is 3. The fourth-order valence-corrected chi connectivity index (χ4v) is 7.75. The Kier molecular flexibility index (Phi) is 9.21. The van der Waals surface area contributed by atoms with E-state index >= 15 is 0 Å². The fourth-order valence-electron chi connectivity index (χ4n) is 7.75. The third-order valence-corrected chi connectivity index (χ3v) is 10.5. The molecule has 2 heterocycles. The number of nitrogens with one attached hydrogen (secondary N) is 2. The Bertz CT molecular complexity index is 1350. The molecule has 5 aliphatic rings. The lowest BCUT2D eigenvalue weighted by molar-refractivity contribution is -0.121. The van der Waals surface area contributed by atoms with Gasteiger partial charge in [-0.3, -0.25) is 9.59 Å².